The standard InChI is InChI=1S/C22H36O3/c1-20(2,25)18-8-7-16-15-6-5-13-11-14(23)9-10-21(13,3)19(15)17(24)12-22(16,18)4/h13-16,18-19,23,25H,5-12H2,1-4H3/t13-,14-,15-,16-,18+,19+,21-,22-/m0/s1. The lowest BCUT2D eigenvalue weighted by Gasteiger charge is -2.60. The predicted octanol–water partition coefficient (Wildman–Crippen LogP) is 3.96. The summed E-state index contributed by atoms with van der Waals surface area (Å²) >= 11 is 0. The molecule has 0 bridgehead atoms. The lowest BCUT2D eigenvalue weighted by molar-refractivity contribution is -0.166. The molecule has 0 spiro atoms. The van der Waals surface area contributed by atoms with Crippen LogP contribution in [0.25, 0.3) is 0 Å². The molecule has 2 N–H and O–H groups in total. The van der Waals surface area contributed by atoms with Crippen molar-refractivity contribution in [2.45, 2.75) is 90.8 Å². The van der Waals surface area contributed by atoms with Crippen molar-refractivity contribution >= 4 is 5.78 Å². The first kappa shape index (κ1) is 18.0. The molecule has 0 amide bonds. The van der Waals surface area contributed by atoms with Gasteiger partial charge in [-0.2, -0.15) is 0 Å². The van der Waals surface area contributed by atoms with Crippen LogP contribution in [-0.2, 0) is 4.79 Å². The van der Waals surface area contributed by atoms with E-state index in [0.29, 0.717) is 30.0 Å². The summed E-state index contributed by atoms with van der Waals surface area (Å²) in [5, 5.41) is 20.9. The number of hydrogen-bond acceptors (Lipinski definition) is 3. The highest BCUT2D eigenvalue weighted by Gasteiger charge is 2.64. The third-order valence-corrected chi connectivity index (χ3v) is 9.17. The van der Waals surface area contributed by atoms with Crippen LogP contribution in [0.4, 0.5) is 0 Å². The molecule has 0 aromatic heterocycles. The minimum atomic E-state index is -0.702. The van der Waals surface area contributed by atoms with Crippen LogP contribution in [0, 0.1) is 40.4 Å². The minimum absolute atomic E-state index is 0.0339. The first-order valence-electron chi connectivity index (χ1n) is 10.5. The Balaban J connectivity index is 1.68. The number of hydrogen-bond donors (Lipinski definition) is 2. The average Bonchev–Trinajstić information content (AvgIpc) is 2.84. The Labute approximate surface area is 152 Å². The maximum absolute atomic E-state index is 13.4. The number of carbonyl (C=O) groups is 1. The van der Waals surface area contributed by atoms with Gasteiger partial charge in [0.2, 0.25) is 0 Å². The van der Waals surface area contributed by atoms with Crippen LogP contribution in [0.15, 0.2) is 0 Å². The zero-order valence-corrected chi connectivity index (χ0v) is 16.4. The Hall–Kier alpha value is -0.410. The molecule has 0 aromatic rings. The molecule has 3 nitrogen and oxygen atoms in total. The highest BCUT2D eigenvalue weighted by Crippen LogP contribution is 2.67. The molecule has 3 heteroatoms. The summed E-state index contributed by atoms with van der Waals surface area (Å²) in [6.45, 7) is 8.51. The van der Waals surface area contributed by atoms with Gasteiger partial charge in [-0.1, -0.05) is 13.8 Å². The molecule has 0 unspecified atom stereocenters. The lowest BCUT2D eigenvalue weighted by atomic mass is 9.44. The van der Waals surface area contributed by atoms with E-state index in [1.807, 2.05) is 13.8 Å². The van der Waals surface area contributed by atoms with Crippen molar-refractivity contribution in [2.24, 2.45) is 40.4 Å². The van der Waals surface area contributed by atoms with E-state index in [9.17, 15) is 15.0 Å². The van der Waals surface area contributed by atoms with Gasteiger partial charge in [-0.3, -0.25) is 4.79 Å². The number of aliphatic hydroxyl groups is 2. The van der Waals surface area contributed by atoms with E-state index in [-0.39, 0.29) is 28.8 Å². The zero-order valence-electron chi connectivity index (χ0n) is 16.4. The van der Waals surface area contributed by atoms with E-state index >= 15 is 0 Å². The van der Waals surface area contributed by atoms with E-state index in [4.69, 9.17) is 0 Å². The van der Waals surface area contributed by atoms with Crippen LogP contribution < -0.4 is 0 Å². The van der Waals surface area contributed by atoms with Crippen molar-refractivity contribution in [3.05, 3.63) is 0 Å². The quantitative estimate of drug-likeness (QED) is 0.754. The number of ketones is 1. The van der Waals surface area contributed by atoms with E-state index in [1.165, 1.54) is 12.8 Å². The predicted molar refractivity (Wildman–Crippen MR) is 97.9 cm³/mol. The van der Waals surface area contributed by atoms with Crippen LogP contribution in [-0.4, -0.2) is 27.7 Å². The maximum atomic E-state index is 13.4. The van der Waals surface area contributed by atoms with Gasteiger partial charge in [-0.15, -0.1) is 0 Å². The molecule has 142 valence electrons. The van der Waals surface area contributed by atoms with Gasteiger partial charge >= 0.3 is 0 Å². The highest BCUT2D eigenvalue weighted by molar-refractivity contribution is 5.84. The molecule has 4 fully saturated rings. The Bertz CT molecular complexity index is 564. The molecular formula is C22H36O3. The second kappa shape index (κ2) is 5.55. The van der Waals surface area contributed by atoms with Crippen molar-refractivity contribution in [2.75, 3.05) is 0 Å². The van der Waals surface area contributed by atoms with Crippen LogP contribution in [0.1, 0.15) is 79.1 Å². The number of aliphatic hydroxyl groups excluding tert-OH is 1. The molecule has 0 heterocycles. The summed E-state index contributed by atoms with van der Waals surface area (Å²) in [5.74, 6) is 2.47. The van der Waals surface area contributed by atoms with Gasteiger partial charge < -0.3 is 10.2 Å². The van der Waals surface area contributed by atoms with Crippen molar-refractivity contribution in [3.8, 4) is 0 Å². The van der Waals surface area contributed by atoms with E-state index in [2.05, 4.69) is 13.8 Å². The largest absolute Gasteiger partial charge is 0.393 e. The van der Waals surface area contributed by atoms with Gasteiger partial charge in [0.1, 0.15) is 5.78 Å². The summed E-state index contributed by atoms with van der Waals surface area (Å²) in [6, 6.07) is 0. The van der Waals surface area contributed by atoms with Crippen LogP contribution in [0.3, 0.4) is 0 Å². The minimum Gasteiger partial charge on any atom is -0.393 e. The SMILES string of the molecule is CC(C)(O)[C@H]1CC[C@H]2[C@@H]3CC[C@H]4C[C@@H](O)CC[C@]4(C)[C@H]3C(=O)C[C@]12C. The monoisotopic (exact) mass is 348 g/mol. The Kier molecular flexibility index (Phi) is 3.99. The number of rotatable bonds is 1. The van der Waals surface area contributed by atoms with Gasteiger partial charge in [0.15, 0.2) is 0 Å². The molecule has 8 atom stereocenters. The van der Waals surface area contributed by atoms with Gasteiger partial charge in [0.25, 0.3) is 0 Å². The zero-order chi connectivity index (χ0) is 18.2. The Morgan fingerprint density at radius 2 is 1.76 bits per heavy atom. The van der Waals surface area contributed by atoms with Gasteiger partial charge in [-0.05, 0) is 93.3 Å². The molecule has 0 aromatic carbocycles. The van der Waals surface area contributed by atoms with Gasteiger partial charge in [-0.25, -0.2) is 0 Å². The number of Topliss-reactive ketones (excluding diaryl/α,β-unsaturated/α-hetero) is 1. The number of carbonyl (C=O) groups excluding carboxylic acids is 1. The summed E-state index contributed by atoms with van der Waals surface area (Å²) in [5.41, 5.74) is -0.645. The summed E-state index contributed by atoms with van der Waals surface area (Å²) in [7, 11) is 0. The van der Waals surface area contributed by atoms with Crippen molar-refractivity contribution in [1.82, 2.24) is 0 Å². The normalized spacial score (nSPS) is 53.1. The van der Waals surface area contributed by atoms with Crippen molar-refractivity contribution in [3.63, 3.8) is 0 Å². The highest BCUT2D eigenvalue weighted by atomic mass is 16.3. The molecular weight excluding hydrogens is 312 g/mol. The fourth-order valence-electron chi connectivity index (χ4n) is 8.21. The molecule has 4 rings (SSSR count). The second-order valence-electron chi connectivity index (χ2n) is 10.9. The maximum Gasteiger partial charge on any atom is 0.137 e. The molecule has 4 saturated carbocycles. The summed E-state index contributed by atoms with van der Waals surface area (Å²) in [6.07, 6.45) is 7.78. The molecule has 4 aliphatic carbocycles. The molecule has 0 radical (unpaired) electrons. The first-order valence-corrected chi connectivity index (χ1v) is 10.5. The van der Waals surface area contributed by atoms with E-state index in [1.54, 1.807) is 0 Å². The fraction of sp³-hybridized carbons (Fsp3) is 0.955. The van der Waals surface area contributed by atoms with E-state index < -0.39 is 5.60 Å². The second-order valence-corrected chi connectivity index (χ2v) is 10.9. The third-order valence-electron chi connectivity index (χ3n) is 9.17. The third kappa shape index (κ3) is 2.48. The molecule has 25 heavy (non-hydrogen) atoms. The lowest BCUT2D eigenvalue weighted by Crippen LogP contribution is -2.58. The summed E-state index contributed by atoms with van der Waals surface area (Å²) in [4.78, 5) is 13.4. The Morgan fingerprint density at radius 3 is 2.44 bits per heavy atom. The van der Waals surface area contributed by atoms with Crippen molar-refractivity contribution < 1.29 is 15.0 Å². The van der Waals surface area contributed by atoms with Gasteiger partial charge in [0.05, 0.1) is 11.7 Å². The van der Waals surface area contributed by atoms with Crippen LogP contribution in [0.2, 0.25) is 0 Å². The van der Waals surface area contributed by atoms with Crippen LogP contribution in [0.5, 0.6) is 0 Å². The van der Waals surface area contributed by atoms with Gasteiger partial charge in [0, 0.05) is 12.3 Å². The Morgan fingerprint density at radius 1 is 1.04 bits per heavy atom. The molecule has 0 saturated heterocycles. The summed E-state index contributed by atoms with van der Waals surface area (Å²) < 4.78 is 0. The molecule has 4 aliphatic rings. The van der Waals surface area contributed by atoms with Crippen LogP contribution >= 0.6 is 0 Å². The topological polar surface area (TPSA) is 57.5 Å². The number of fused-ring (bicyclic) bond motifs is 5. The first-order chi connectivity index (χ1) is 11.6. The smallest absolute Gasteiger partial charge is 0.137 e. The van der Waals surface area contributed by atoms with E-state index in [0.717, 1.165) is 32.1 Å². The fourth-order valence-corrected chi connectivity index (χ4v) is 8.21. The van der Waals surface area contributed by atoms with Crippen molar-refractivity contribution in [1.29, 1.82) is 0 Å². The average molecular weight is 349 g/mol. The molecule has 0 aliphatic heterocycles.